The van der Waals surface area contributed by atoms with E-state index in [-0.39, 0.29) is 29.8 Å². The van der Waals surface area contributed by atoms with Crippen LogP contribution >= 0.6 is 0 Å². The van der Waals surface area contributed by atoms with Crippen LogP contribution in [0.3, 0.4) is 0 Å². The minimum atomic E-state index is -0.220. The summed E-state index contributed by atoms with van der Waals surface area (Å²) in [6.45, 7) is 0.780. The Morgan fingerprint density at radius 1 is 1.26 bits per heavy atom. The average molecular weight is 364 g/mol. The van der Waals surface area contributed by atoms with E-state index in [4.69, 9.17) is 10.2 Å². The molecule has 0 aliphatic carbocycles. The maximum atomic E-state index is 13.0. The summed E-state index contributed by atoms with van der Waals surface area (Å²) in [5.41, 5.74) is 7.63. The fourth-order valence-electron chi connectivity index (χ4n) is 3.53. The Kier molecular flexibility index (Phi) is 4.50. The van der Waals surface area contributed by atoms with Crippen molar-refractivity contribution in [3.8, 4) is 0 Å². The predicted octanol–water partition coefficient (Wildman–Crippen LogP) is 2.05. The molecule has 138 valence electrons. The van der Waals surface area contributed by atoms with Crippen molar-refractivity contribution in [2.75, 3.05) is 12.3 Å². The summed E-state index contributed by atoms with van der Waals surface area (Å²) in [6, 6.07) is 13.5. The summed E-state index contributed by atoms with van der Waals surface area (Å²) in [5, 5.41) is 0. The molecule has 1 aromatic carbocycles. The summed E-state index contributed by atoms with van der Waals surface area (Å²) < 4.78 is 5.58. The molecule has 4 rings (SSSR count). The number of carbonyl (C=O) groups excluding carboxylic acids is 1. The van der Waals surface area contributed by atoms with Gasteiger partial charge in [0.15, 0.2) is 0 Å². The van der Waals surface area contributed by atoms with Crippen molar-refractivity contribution < 1.29 is 9.21 Å². The maximum absolute atomic E-state index is 13.0. The number of furan rings is 1. The molecule has 1 aliphatic heterocycles. The van der Waals surface area contributed by atoms with Crippen molar-refractivity contribution in [1.82, 2.24) is 14.9 Å². The zero-order chi connectivity index (χ0) is 18.8. The van der Waals surface area contributed by atoms with Crippen molar-refractivity contribution in [1.29, 1.82) is 0 Å². The molecule has 2 aromatic heterocycles. The number of nitrogens with one attached hydrogen (secondary N) is 1. The number of hydrogen-bond acceptors (Lipinski definition) is 5. The highest BCUT2D eigenvalue weighted by Crippen LogP contribution is 2.29. The molecular weight excluding hydrogens is 344 g/mol. The first-order valence-electron chi connectivity index (χ1n) is 8.85. The Bertz CT molecular complexity index is 996. The first-order valence-corrected chi connectivity index (χ1v) is 8.85. The number of H-pyrrole nitrogens is 1. The summed E-state index contributed by atoms with van der Waals surface area (Å²) in [5.74, 6) is 0.662. The zero-order valence-corrected chi connectivity index (χ0v) is 14.7. The minimum absolute atomic E-state index is 0.00782. The van der Waals surface area contributed by atoms with E-state index in [0.29, 0.717) is 30.8 Å². The van der Waals surface area contributed by atoms with Crippen LogP contribution in [-0.2, 0) is 17.8 Å². The standard InChI is InChI=1S/C20H20N4O3/c21-20-22-16-12-24(9-8-14(16)19(26)23-20)18(25)11-15(17-7-4-10-27-17)13-5-2-1-3-6-13/h1-7,10,15H,8-9,11-12H2,(H3,21,22,23,26)/t15-/m1/s1. The number of aromatic amines is 1. The van der Waals surface area contributed by atoms with E-state index in [1.54, 1.807) is 11.2 Å². The van der Waals surface area contributed by atoms with Crippen molar-refractivity contribution in [3.63, 3.8) is 0 Å². The number of aromatic nitrogens is 2. The average Bonchev–Trinajstić information content (AvgIpc) is 3.20. The molecule has 1 aliphatic rings. The number of anilines is 1. The molecule has 0 unspecified atom stereocenters. The molecule has 3 aromatic rings. The number of hydrogen-bond donors (Lipinski definition) is 2. The second-order valence-electron chi connectivity index (χ2n) is 6.62. The predicted molar refractivity (Wildman–Crippen MR) is 100 cm³/mol. The molecule has 3 heterocycles. The minimum Gasteiger partial charge on any atom is -0.469 e. The highest BCUT2D eigenvalue weighted by atomic mass is 16.3. The van der Waals surface area contributed by atoms with Gasteiger partial charge in [-0.25, -0.2) is 4.98 Å². The lowest BCUT2D eigenvalue weighted by Crippen LogP contribution is -2.39. The van der Waals surface area contributed by atoms with Crippen LogP contribution in [0.1, 0.15) is 34.9 Å². The third-order valence-corrected chi connectivity index (χ3v) is 4.91. The van der Waals surface area contributed by atoms with Crippen LogP contribution in [0.4, 0.5) is 5.95 Å². The van der Waals surface area contributed by atoms with Crippen LogP contribution in [0.25, 0.3) is 0 Å². The van der Waals surface area contributed by atoms with Gasteiger partial charge < -0.3 is 15.1 Å². The summed E-state index contributed by atoms with van der Waals surface area (Å²) in [7, 11) is 0. The lowest BCUT2D eigenvalue weighted by molar-refractivity contribution is -0.132. The summed E-state index contributed by atoms with van der Waals surface area (Å²) in [6.07, 6.45) is 2.37. The highest BCUT2D eigenvalue weighted by Gasteiger charge is 2.28. The van der Waals surface area contributed by atoms with Crippen molar-refractivity contribution in [2.45, 2.75) is 25.3 Å². The second-order valence-corrected chi connectivity index (χ2v) is 6.62. The van der Waals surface area contributed by atoms with Crippen molar-refractivity contribution in [3.05, 3.63) is 81.7 Å². The number of nitrogen functional groups attached to an aromatic ring is 1. The van der Waals surface area contributed by atoms with E-state index in [0.717, 1.165) is 11.3 Å². The highest BCUT2D eigenvalue weighted by molar-refractivity contribution is 5.78. The Hall–Kier alpha value is -3.35. The Morgan fingerprint density at radius 2 is 2.07 bits per heavy atom. The molecule has 0 spiro atoms. The van der Waals surface area contributed by atoms with Gasteiger partial charge in [0.05, 0.1) is 24.4 Å². The van der Waals surface area contributed by atoms with Crippen LogP contribution in [0, 0.1) is 0 Å². The molecular formula is C20H20N4O3. The Labute approximate surface area is 155 Å². The SMILES string of the molecule is Nc1nc2c(c(=O)[nH]1)CCN(C(=O)C[C@H](c1ccccc1)c1ccco1)C2. The number of nitrogens with two attached hydrogens (primary N) is 1. The van der Waals surface area contributed by atoms with E-state index >= 15 is 0 Å². The number of nitrogens with zero attached hydrogens (tertiary/aromatic N) is 2. The molecule has 7 nitrogen and oxygen atoms in total. The van der Waals surface area contributed by atoms with Gasteiger partial charge in [-0.3, -0.25) is 14.6 Å². The van der Waals surface area contributed by atoms with Gasteiger partial charge in [0, 0.05) is 18.5 Å². The smallest absolute Gasteiger partial charge is 0.255 e. The molecule has 27 heavy (non-hydrogen) atoms. The summed E-state index contributed by atoms with van der Waals surface area (Å²) >= 11 is 0. The number of fused-ring (bicyclic) bond motifs is 1. The molecule has 0 bridgehead atoms. The molecule has 0 radical (unpaired) electrons. The number of carbonyl (C=O) groups is 1. The number of benzene rings is 1. The first-order chi connectivity index (χ1) is 13.1. The van der Waals surface area contributed by atoms with Crippen molar-refractivity contribution >= 4 is 11.9 Å². The largest absolute Gasteiger partial charge is 0.469 e. The van der Waals surface area contributed by atoms with E-state index in [1.165, 1.54) is 0 Å². The van der Waals surface area contributed by atoms with Gasteiger partial charge in [0.1, 0.15) is 5.76 Å². The maximum Gasteiger partial charge on any atom is 0.255 e. The quantitative estimate of drug-likeness (QED) is 0.737. The first kappa shape index (κ1) is 17.1. The van der Waals surface area contributed by atoms with E-state index in [9.17, 15) is 9.59 Å². The molecule has 0 fully saturated rings. The summed E-state index contributed by atoms with van der Waals surface area (Å²) in [4.78, 5) is 33.4. The van der Waals surface area contributed by atoms with Gasteiger partial charge in [-0.15, -0.1) is 0 Å². The third kappa shape index (κ3) is 3.48. The van der Waals surface area contributed by atoms with Gasteiger partial charge in [0.2, 0.25) is 11.9 Å². The van der Waals surface area contributed by atoms with Crippen LogP contribution < -0.4 is 11.3 Å². The van der Waals surface area contributed by atoms with Gasteiger partial charge in [-0.2, -0.15) is 0 Å². The van der Waals surface area contributed by atoms with Gasteiger partial charge in [-0.05, 0) is 24.1 Å². The van der Waals surface area contributed by atoms with E-state index in [2.05, 4.69) is 9.97 Å². The topological polar surface area (TPSA) is 105 Å². The van der Waals surface area contributed by atoms with Crippen LogP contribution in [0.2, 0.25) is 0 Å². The van der Waals surface area contributed by atoms with E-state index in [1.807, 2.05) is 42.5 Å². The van der Waals surface area contributed by atoms with Crippen LogP contribution in [0.5, 0.6) is 0 Å². The van der Waals surface area contributed by atoms with Crippen LogP contribution in [0.15, 0.2) is 57.9 Å². The molecule has 0 saturated carbocycles. The van der Waals surface area contributed by atoms with Gasteiger partial charge in [0.25, 0.3) is 5.56 Å². The van der Waals surface area contributed by atoms with Crippen LogP contribution in [-0.4, -0.2) is 27.3 Å². The molecule has 1 amide bonds. The van der Waals surface area contributed by atoms with Gasteiger partial charge in [-0.1, -0.05) is 30.3 Å². The molecule has 1 atom stereocenters. The fourth-order valence-corrected chi connectivity index (χ4v) is 3.53. The van der Waals surface area contributed by atoms with Crippen molar-refractivity contribution in [2.24, 2.45) is 0 Å². The Balaban J connectivity index is 1.56. The lowest BCUT2D eigenvalue weighted by Gasteiger charge is -2.29. The number of rotatable bonds is 4. The second kappa shape index (κ2) is 7.11. The molecule has 3 N–H and O–H groups in total. The van der Waals surface area contributed by atoms with E-state index < -0.39 is 0 Å². The zero-order valence-electron chi connectivity index (χ0n) is 14.7. The Morgan fingerprint density at radius 3 is 2.81 bits per heavy atom. The number of amides is 1. The monoisotopic (exact) mass is 364 g/mol. The normalized spacial score (nSPS) is 14.6. The lowest BCUT2D eigenvalue weighted by atomic mass is 9.92. The molecule has 7 heteroatoms. The van der Waals surface area contributed by atoms with Gasteiger partial charge >= 0.3 is 0 Å². The third-order valence-electron chi connectivity index (χ3n) is 4.91. The molecule has 0 saturated heterocycles. The fraction of sp³-hybridized carbons (Fsp3) is 0.250.